The maximum Gasteiger partial charge on any atom is 0.325 e. The number of rotatable bonds is 3. The molecule has 130 valence electrons. The van der Waals surface area contributed by atoms with Crippen molar-refractivity contribution < 1.29 is 9.59 Å². The van der Waals surface area contributed by atoms with Gasteiger partial charge in [0.15, 0.2) is 0 Å². The quantitative estimate of drug-likeness (QED) is 0.841. The number of piperidine rings is 1. The zero-order chi connectivity index (χ0) is 17.3. The smallest absolute Gasteiger partial charge is 0.325 e. The molecule has 0 saturated carbocycles. The summed E-state index contributed by atoms with van der Waals surface area (Å²) in [5, 5.41) is 0.644. The van der Waals surface area contributed by atoms with E-state index < -0.39 is 0 Å². The summed E-state index contributed by atoms with van der Waals surface area (Å²) in [4.78, 5) is 30.4. The molecule has 2 aliphatic heterocycles. The first kappa shape index (κ1) is 17.1. The Hall–Kier alpha value is -1.75. The Bertz CT molecular complexity index is 609. The molecule has 0 N–H and O–H groups in total. The first-order valence-electron chi connectivity index (χ1n) is 8.54. The molecule has 0 aliphatic carbocycles. The molecule has 2 heterocycles. The Morgan fingerprint density at radius 3 is 2.38 bits per heavy atom. The van der Waals surface area contributed by atoms with Gasteiger partial charge < -0.3 is 9.80 Å². The van der Waals surface area contributed by atoms with E-state index in [-0.39, 0.29) is 18.5 Å². The third kappa shape index (κ3) is 3.66. The van der Waals surface area contributed by atoms with E-state index in [0.717, 1.165) is 25.2 Å². The molecule has 2 saturated heterocycles. The highest BCUT2D eigenvalue weighted by Gasteiger charge is 2.33. The number of carbonyl (C=O) groups excluding carboxylic acids is 2. The largest absolute Gasteiger partial charge is 0.341 e. The maximum atomic E-state index is 12.6. The number of amides is 3. The van der Waals surface area contributed by atoms with Gasteiger partial charge in [0.1, 0.15) is 6.54 Å². The van der Waals surface area contributed by atoms with E-state index in [1.807, 2.05) is 17.0 Å². The second kappa shape index (κ2) is 7.01. The Balaban J connectivity index is 1.61. The highest BCUT2D eigenvalue weighted by molar-refractivity contribution is 6.30. The van der Waals surface area contributed by atoms with Crippen LogP contribution in [0.15, 0.2) is 24.3 Å². The van der Waals surface area contributed by atoms with Gasteiger partial charge in [-0.25, -0.2) is 4.79 Å². The Morgan fingerprint density at radius 2 is 1.75 bits per heavy atom. The number of likely N-dealkylation sites (tertiary alicyclic amines) is 1. The number of nitrogens with zero attached hydrogens (tertiary/aromatic N) is 3. The Kier molecular flexibility index (Phi) is 4.99. The molecular formula is C18H24ClN3O2. The Morgan fingerprint density at radius 1 is 1.12 bits per heavy atom. The lowest BCUT2D eigenvalue weighted by Crippen LogP contribution is -2.47. The normalized spacial score (nSPS) is 24.6. The van der Waals surface area contributed by atoms with Crippen LogP contribution in [0.4, 0.5) is 10.5 Å². The monoisotopic (exact) mass is 349 g/mol. The van der Waals surface area contributed by atoms with Crippen LogP contribution in [0.1, 0.15) is 20.3 Å². The number of hydrogen-bond acceptors (Lipinski definition) is 2. The van der Waals surface area contributed by atoms with Crippen LogP contribution in [0.25, 0.3) is 0 Å². The standard InChI is InChI=1S/C18H24ClN3O2/c1-13-9-14(2)11-21(10-13)17(23)12-20-7-8-22(18(20)24)16-5-3-15(19)4-6-16/h3-6,13-14H,7-12H2,1-2H3. The molecule has 3 rings (SSSR count). The van der Waals surface area contributed by atoms with Gasteiger partial charge in [0.2, 0.25) is 5.91 Å². The molecule has 3 amide bonds. The lowest BCUT2D eigenvalue weighted by Gasteiger charge is -2.35. The predicted octanol–water partition coefficient (Wildman–Crippen LogP) is 3.09. The van der Waals surface area contributed by atoms with Gasteiger partial charge in [-0.2, -0.15) is 0 Å². The van der Waals surface area contributed by atoms with E-state index in [0.29, 0.717) is 29.9 Å². The summed E-state index contributed by atoms with van der Waals surface area (Å²) in [6.07, 6.45) is 1.16. The van der Waals surface area contributed by atoms with Gasteiger partial charge in [0.05, 0.1) is 0 Å². The molecule has 5 nitrogen and oxygen atoms in total. The van der Waals surface area contributed by atoms with Gasteiger partial charge in [0, 0.05) is 36.9 Å². The van der Waals surface area contributed by atoms with Crippen LogP contribution < -0.4 is 4.90 Å². The minimum atomic E-state index is -0.108. The van der Waals surface area contributed by atoms with Crippen molar-refractivity contribution in [3.8, 4) is 0 Å². The van der Waals surface area contributed by atoms with Gasteiger partial charge in [-0.1, -0.05) is 25.4 Å². The minimum absolute atomic E-state index is 0.0553. The van der Waals surface area contributed by atoms with Crippen molar-refractivity contribution in [2.24, 2.45) is 11.8 Å². The highest BCUT2D eigenvalue weighted by Crippen LogP contribution is 2.24. The molecule has 1 aromatic carbocycles. The lowest BCUT2D eigenvalue weighted by molar-refractivity contribution is -0.134. The van der Waals surface area contributed by atoms with Gasteiger partial charge in [-0.15, -0.1) is 0 Å². The van der Waals surface area contributed by atoms with E-state index >= 15 is 0 Å². The van der Waals surface area contributed by atoms with E-state index in [4.69, 9.17) is 11.6 Å². The van der Waals surface area contributed by atoms with Crippen molar-refractivity contribution in [3.05, 3.63) is 29.3 Å². The van der Waals surface area contributed by atoms with Crippen LogP contribution in [0.5, 0.6) is 0 Å². The summed E-state index contributed by atoms with van der Waals surface area (Å²) in [6.45, 7) is 7.30. The zero-order valence-electron chi connectivity index (χ0n) is 14.2. The summed E-state index contributed by atoms with van der Waals surface area (Å²) < 4.78 is 0. The van der Waals surface area contributed by atoms with Crippen molar-refractivity contribution in [1.82, 2.24) is 9.80 Å². The number of carbonyl (C=O) groups is 2. The van der Waals surface area contributed by atoms with E-state index in [2.05, 4.69) is 13.8 Å². The molecular weight excluding hydrogens is 326 g/mol. The molecule has 2 aliphatic rings. The maximum absolute atomic E-state index is 12.6. The lowest BCUT2D eigenvalue weighted by atomic mass is 9.92. The van der Waals surface area contributed by atoms with Crippen LogP contribution in [-0.2, 0) is 4.79 Å². The minimum Gasteiger partial charge on any atom is -0.341 e. The van der Waals surface area contributed by atoms with Crippen LogP contribution in [-0.4, -0.2) is 54.5 Å². The van der Waals surface area contributed by atoms with Gasteiger partial charge >= 0.3 is 6.03 Å². The molecule has 6 heteroatoms. The topological polar surface area (TPSA) is 43.9 Å². The number of benzene rings is 1. The zero-order valence-corrected chi connectivity index (χ0v) is 15.0. The fourth-order valence-electron chi connectivity index (χ4n) is 3.72. The first-order chi connectivity index (χ1) is 11.4. The van der Waals surface area contributed by atoms with Gasteiger partial charge in [-0.3, -0.25) is 9.69 Å². The van der Waals surface area contributed by atoms with Gasteiger partial charge in [0.25, 0.3) is 0 Å². The van der Waals surface area contributed by atoms with Crippen molar-refractivity contribution in [2.75, 3.05) is 37.6 Å². The van der Waals surface area contributed by atoms with Crippen molar-refractivity contribution in [2.45, 2.75) is 20.3 Å². The summed E-state index contributed by atoms with van der Waals surface area (Å²) in [5.41, 5.74) is 0.819. The fourth-order valence-corrected chi connectivity index (χ4v) is 3.85. The third-order valence-electron chi connectivity index (χ3n) is 4.78. The molecule has 2 fully saturated rings. The molecule has 1 aromatic rings. The summed E-state index contributed by atoms with van der Waals surface area (Å²) in [7, 11) is 0. The summed E-state index contributed by atoms with van der Waals surface area (Å²) in [6, 6.07) is 7.10. The number of urea groups is 1. The van der Waals surface area contributed by atoms with Crippen LogP contribution >= 0.6 is 11.6 Å². The molecule has 0 radical (unpaired) electrons. The molecule has 2 unspecified atom stereocenters. The SMILES string of the molecule is CC1CC(C)CN(C(=O)CN2CCN(c3ccc(Cl)cc3)C2=O)C1. The Labute approximate surface area is 148 Å². The second-order valence-electron chi connectivity index (χ2n) is 7.08. The summed E-state index contributed by atoms with van der Waals surface area (Å²) in [5.74, 6) is 1.11. The molecule has 0 aromatic heterocycles. The van der Waals surface area contributed by atoms with E-state index in [9.17, 15) is 9.59 Å². The fraction of sp³-hybridized carbons (Fsp3) is 0.556. The highest BCUT2D eigenvalue weighted by atomic mass is 35.5. The van der Waals surface area contributed by atoms with Gasteiger partial charge in [-0.05, 0) is 42.5 Å². The van der Waals surface area contributed by atoms with Crippen molar-refractivity contribution in [1.29, 1.82) is 0 Å². The molecule has 24 heavy (non-hydrogen) atoms. The number of halogens is 1. The van der Waals surface area contributed by atoms with E-state index in [1.54, 1.807) is 21.9 Å². The molecule has 0 spiro atoms. The summed E-state index contributed by atoms with van der Waals surface area (Å²) >= 11 is 5.90. The average Bonchev–Trinajstić information content (AvgIpc) is 2.88. The third-order valence-corrected chi connectivity index (χ3v) is 5.03. The first-order valence-corrected chi connectivity index (χ1v) is 8.91. The van der Waals surface area contributed by atoms with E-state index in [1.165, 1.54) is 0 Å². The van der Waals surface area contributed by atoms with Crippen LogP contribution in [0, 0.1) is 11.8 Å². The second-order valence-corrected chi connectivity index (χ2v) is 7.51. The average molecular weight is 350 g/mol. The predicted molar refractivity (Wildman–Crippen MR) is 95.3 cm³/mol. The van der Waals surface area contributed by atoms with Crippen molar-refractivity contribution >= 4 is 29.2 Å². The molecule has 0 bridgehead atoms. The van der Waals surface area contributed by atoms with Crippen LogP contribution in [0.2, 0.25) is 5.02 Å². The number of anilines is 1. The van der Waals surface area contributed by atoms with Crippen molar-refractivity contribution in [3.63, 3.8) is 0 Å². The molecule has 2 atom stereocenters. The number of hydrogen-bond donors (Lipinski definition) is 0. The van der Waals surface area contributed by atoms with Crippen LogP contribution in [0.3, 0.4) is 0 Å².